The van der Waals surface area contributed by atoms with Crippen LogP contribution in [-0.4, -0.2) is 15.3 Å². The summed E-state index contributed by atoms with van der Waals surface area (Å²) in [4.78, 5) is 17.8. The lowest BCUT2D eigenvalue weighted by atomic mass is 10.2. The van der Waals surface area contributed by atoms with Crippen molar-refractivity contribution in [3.05, 3.63) is 77.2 Å². The Kier molecular flexibility index (Phi) is 3.82. The summed E-state index contributed by atoms with van der Waals surface area (Å²) in [6, 6.07) is 13.8. The van der Waals surface area contributed by atoms with Crippen molar-refractivity contribution in [1.29, 1.82) is 0 Å². The molecule has 2 aromatic heterocycles. The van der Waals surface area contributed by atoms with E-state index in [1.165, 1.54) is 23.5 Å². The predicted octanol–water partition coefficient (Wildman–Crippen LogP) is 4.76. The van der Waals surface area contributed by atoms with Crippen molar-refractivity contribution in [2.24, 2.45) is 0 Å². The molecule has 0 atom stereocenters. The molecule has 0 unspecified atom stereocenters. The van der Waals surface area contributed by atoms with Gasteiger partial charge in [-0.15, -0.1) is 11.3 Å². The molecular formula is C19H14FN3OS. The molecule has 25 heavy (non-hydrogen) atoms. The lowest BCUT2D eigenvalue weighted by Gasteiger charge is -2.04. The third-order valence-electron chi connectivity index (χ3n) is 3.89. The molecule has 4 aromatic rings. The lowest BCUT2D eigenvalue weighted by Crippen LogP contribution is -2.13. The number of hydrogen-bond acceptors (Lipinski definition) is 3. The highest BCUT2D eigenvalue weighted by Gasteiger charge is 2.15. The Morgan fingerprint density at radius 3 is 2.56 bits per heavy atom. The second-order valence-corrected chi connectivity index (χ2v) is 6.56. The monoisotopic (exact) mass is 351 g/mol. The van der Waals surface area contributed by atoms with E-state index in [1.807, 2.05) is 31.2 Å². The number of benzene rings is 2. The van der Waals surface area contributed by atoms with Gasteiger partial charge in [0.25, 0.3) is 5.91 Å². The topological polar surface area (TPSA) is 46.4 Å². The Bertz CT molecular complexity index is 1050. The number of hydrogen-bond donors (Lipinski definition) is 1. The van der Waals surface area contributed by atoms with Gasteiger partial charge in [-0.25, -0.2) is 9.37 Å². The fraction of sp³-hybridized carbons (Fsp3) is 0.0526. The molecule has 0 aliphatic heterocycles. The quantitative estimate of drug-likeness (QED) is 0.578. The highest BCUT2D eigenvalue weighted by molar-refractivity contribution is 7.15. The molecular weight excluding hydrogens is 337 g/mol. The van der Waals surface area contributed by atoms with Crippen molar-refractivity contribution in [3.8, 4) is 11.3 Å². The number of anilines is 1. The number of thiazole rings is 1. The Morgan fingerprint density at radius 1 is 1.12 bits per heavy atom. The van der Waals surface area contributed by atoms with Gasteiger partial charge >= 0.3 is 0 Å². The van der Waals surface area contributed by atoms with E-state index in [0.717, 1.165) is 16.8 Å². The maximum atomic E-state index is 13.1. The molecule has 0 aliphatic rings. The number of rotatable bonds is 3. The van der Waals surface area contributed by atoms with Crippen LogP contribution < -0.4 is 5.32 Å². The molecule has 0 spiro atoms. The van der Waals surface area contributed by atoms with E-state index in [1.54, 1.807) is 28.1 Å². The van der Waals surface area contributed by atoms with Crippen molar-refractivity contribution in [1.82, 2.24) is 9.38 Å². The van der Waals surface area contributed by atoms with Crippen molar-refractivity contribution < 1.29 is 9.18 Å². The van der Waals surface area contributed by atoms with Crippen LogP contribution in [0.15, 0.2) is 60.1 Å². The molecule has 124 valence electrons. The highest BCUT2D eigenvalue weighted by atomic mass is 32.1. The van der Waals surface area contributed by atoms with E-state index < -0.39 is 0 Å². The van der Waals surface area contributed by atoms with Crippen molar-refractivity contribution >= 4 is 27.9 Å². The summed E-state index contributed by atoms with van der Waals surface area (Å²) in [6.07, 6.45) is 1.79. The summed E-state index contributed by atoms with van der Waals surface area (Å²) in [7, 11) is 0. The Hall–Kier alpha value is -2.99. The number of aromatic nitrogens is 2. The average Bonchev–Trinajstić information content (AvgIpc) is 3.18. The summed E-state index contributed by atoms with van der Waals surface area (Å²) in [6.45, 7) is 2.00. The van der Waals surface area contributed by atoms with Gasteiger partial charge in [-0.05, 0) is 43.3 Å². The zero-order valence-corrected chi connectivity index (χ0v) is 14.2. The van der Waals surface area contributed by atoms with Crippen molar-refractivity contribution in [2.75, 3.05) is 5.32 Å². The zero-order chi connectivity index (χ0) is 17.4. The van der Waals surface area contributed by atoms with Crippen LogP contribution in [0.5, 0.6) is 0 Å². The Morgan fingerprint density at radius 2 is 1.84 bits per heavy atom. The van der Waals surface area contributed by atoms with Gasteiger partial charge in [-0.1, -0.05) is 17.7 Å². The van der Waals surface area contributed by atoms with Crippen LogP contribution in [0.3, 0.4) is 0 Å². The molecule has 0 bridgehead atoms. The number of aryl methyl sites for hydroxylation is 1. The average molecular weight is 351 g/mol. The molecule has 0 saturated carbocycles. The van der Waals surface area contributed by atoms with E-state index in [0.29, 0.717) is 16.3 Å². The number of fused-ring (bicyclic) bond motifs is 1. The molecule has 4 nitrogen and oxygen atoms in total. The third kappa shape index (κ3) is 3.04. The number of nitrogens with one attached hydrogen (secondary N) is 1. The summed E-state index contributed by atoms with van der Waals surface area (Å²) in [5, 5.41) is 4.67. The zero-order valence-electron chi connectivity index (χ0n) is 13.4. The molecule has 1 amide bonds. The first kappa shape index (κ1) is 15.5. The van der Waals surface area contributed by atoms with Crippen LogP contribution in [-0.2, 0) is 0 Å². The van der Waals surface area contributed by atoms with Gasteiger partial charge in [0.05, 0.1) is 5.69 Å². The smallest absolute Gasteiger partial charge is 0.273 e. The second kappa shape index (κ2) is 6.14. The normalized spacial score (nSPS) is 11.0. The van der Waals surface area contributed by atoms with E-state index in [9.17, 15) is 9.18 Å². The lowest BCUT2D eigenvalue weighted by molar-refractivity contribution is 0.102. The van der Waals surface area contributed by atoms with Crippen LogP contribution in [0.2, 0.25) is 0 Å². The Labute approximate surface area is 147 Å². The first-order valence-corrected chi connectivity index (χ1v) is 8.59. The van der Waals surface area contributed by atoms with Gasteiger partial charge in [0.2, 0.25) is 0 Å². The van der Waals surface area contributed by atoms with Gasteiger partial charge in [0.15, 0.2) is 4.96 Å². The first-order valence-electron chi connectivity index (χ1n) is 7.71. The van der Waals surface area contributed by atoms with E-state index in [4.69, 9.17) is 0 Å². The number of carbonyl (C=O) groups is 1. The van der Waals surface area contributed by atoms with Crippen LogP contribution in [0.4, 0.5) is 10.1 Å². The summed E-state index contributed by atoms with van der Waals surface area (Å²) >= 11 is 1.39. The predicted molar refractivity (Wildman–Crippen MR) is 97.6 cm³/mol. The molecule has 0 fully saturated rings. The van der Waals surface area contributed by atoms with E-state index in [2.05, 4.69) is 10.3 Å². The maximum Gasteiger partial charge on any atom is 0.273 e. The van der Waals surface area contributed by atoms with Crippen LogP contribution >= 0.6 is 11.3 Å². The maximum absolute atomic E-state index is 13.1. The number of nitrogens with zero attached hydrogens (tertiary/aromatic N) is 2. The van der Waals surface area contributed by atoms with Gasteiger partial charge in [-0.2, -0.15) is 0 Å². The number of amides is 1. The molecule has 6 heteroatoms. The first-order chi connectivity index (χ1) is 12.1. The molecule has 0 saturated heterocycles. The second-order valence-electron chi connectivity index (χ2n) is 5.73. The molecule has 2 aromatic carbocycles. The van der Waals surface area contributed by atoms with Crippen LogP contribution in [0.1, 0.15) is 16.1 Å². The standard InChI is InChI=1S/C19H14FN3OS/c1-12-2-8-15(9-3-12)21-18(24)17-11-25-19-22-16(10-23(17)19)13-4-6-14(20)7-5-13/h2-11H,1H3,(H,21,24). The number of carbonyl (C=O) groups excluding carboxylic acids is 1. The van der Waals surface area contributed by atoms with Gasteiger partial charge in [0.1, 0.15) is 11.5 Å². The van der Waals surface area contributed by atoms with Crippen molar-refractivity contribution in [2.45, 2.75) is 6.92 Å². The minimum atomic E-state index is -0.289. The fourth-order valence-electron chi connectivity index (χ4n) is 2.54. The van der Waals surface area contributed by atoms with E-state index >= 15 is 0 Å². The van der Waals surface area contributed by atoms with Gasteiger partial charge in [0, 0.05) is 22.8 Å². The largest absolute Gasteiger partial charge is 0.321 e. The van der Waals surface area contributed by atoms with E-state index in [-0.39, 0.29) is 11.7 Å². The van der Waals surface area contributed by atoms with Gasteiger partial charge < -0.3 is 5.32 Å². The van der Waals surface area contributed by atoms with Gasteiger partial charge in [-0.3, -0.25) is 9.20 Å². The van der Waals surface area contributed by atoms with Crippen LogP contribution in [0, 0.1) is 12.7 Å². The summed E-state index contributed by atoms with van der Waals surface area (Å²) in [5.74, 6) is -0.485. The van der Waals surface area contributed by atoms with Crippen molar-refractivity contribution in [3.63, 3.8) is 0 Å². The molecule has 0 aliphatic carbocycles. The number of halogens is 1. The minimum absolute atomic E-state index is 0.196. The summed E-state index contributed by atoms with van der Waals surface area (Å²) in [5.41, 5.74) is 3.91. The Balaban J connectivity index is 1.64. The fourth-order valence-corrected chi connectivity index (χ4v) is 3.39. The highest BCUT2D eigenvalue weighted by Crippen LogP contribution is 2.24. The third-order valence-corrected chi connectivity index (χ3v) is 4.73. The number of imidazole rings is 1. The molecule has 1 N–H and O–H groups in total. The van der Waals surface area contributed by atoms with Crippen LogP contribution in [0.25, 0.3) is 16.2 Å². The molecule has 2 heterocycles. The summed E-state index contributed by atoms with van der Waals surface area (Å²) < 4.78 is 14.8. The molecule has 0 radical (unpaired) electrons. The SMILES string of the molecule is Cc1ccc(NC(=O)c2csc3nc(-c4ccc(F)cc4)cn23)cc1. The minimum Gasteiger partial charge on any atom is -0.321 e. The molecule has 4 rings (SSSR count).